The summed E-state index contributed by atoms with van der Waals surface area (Å²) in [4.78, 5) is 0. The normalized spacial score (nSPS) is 12.2. The molecule has 234 valence electrons. The van der Waals surface area contributed by atoms with Crippen molar-refractivity contribution < 1.29 is 2.74 Å². The van der Waals surface area contributed by atoms with E-state index in [4.69, 9.17) is 2.74 Å². The summed E-state index contributed by atoms with van der Waals surface area (Å²) in [5.74, 6) is 0. The maximum absolute atomic E-state index is 8.76. The van der Waals surface area contributed by atoms with Gasteiger partial charge in [-0.3, -0.25) is 0 Å². The molecule has 0 radical (unpaired) electrons. The average molecular weight is 639 g/mol. The average Bonchev–Trinajstić information content (AvgIpc) is 3.71. The number of fused-ring (bicyclic) bond motifs is 6. The second-order valence-corrected chi connectivity index (χ2v) is 12.8. The first-order valence-corrected chi connectivity index (χ1v) is 17.0. The Kier molecular flexibility index (Phi) is 6.06. The molecule has 0 atom stereocenters. The molecule has 0 N–H and O–H groups in total. The van der Waals surface area contributed by atoms with E-state index in [2.05, 4.69) is 161 Å². The molecule has 0 aliphatic rings. The summed E-state index contributed by atoms with van der Waals surface area (Å²) in [6, 6.07) is 64.4. The second kappa shape index (κ2) is 11.5. The molecule has 0 unspecified atom stereocenters. The van der Waals surface area contributed by atoms with Crippen LogP contribution in [0.3, 0.4) is 0 Å². The van der Waals surface area contributed by atoms with E-state index >= 15 is 0 Å². The van der Waals surface area contributed by atoms with E-state index in [-0.39, 0.29) is 0 Å². The van der Waals surface area contributed by atoms with Gasteiger partial charge in [-0.1, -0.05) is 139 Å². The summed E-state index contributed by atoms with van der Waals surface area (Å²) >= 11 is 0. The Hall–Kier alpha value is -6.64. The maximum atomic E-state index is 8.76. The lowest BCUT2D eigenvalue weighted by molar-refractivity contribution is 1.18. The number of benzene rings is 8. The molecule has 8 aromatic carbocycles. The summed E-state index contributed by atoms with van der Waals surface area (Å²) in [7, 11) is 0. The molecule has 0 fully saturated rings. The topological polar surface area (TPSA) is 9.86 Å². The standard InChI is InChI=1S/C48H32N2/c1-4-16-33(17-5-1)35-30-36(34-18-6-2-7-19-34)32-38(31-35)50-44-27-13-11-23-42(44)48-40(25-15-29-46(48)50)39-24-14-28-45-47(39)41-22-10-12-26-43(41)49(45)37-20-8-3-9-21-37/h1-32H/i10D,11D. The van der Waals surface area contributed by atoms with Gasteiger partial charge in [0.25, 0.3) is 0 Å². The van der Waals surface area contributed by atoms with Gasteiger partial charge in [-0.15, -0.1) is 0 Å². The van der Waals surface area contributed by atoms with Crippen molar-refractivity contribution in [2.45, 2.75) is 0 Å². The Morgan fingerprint density at radius 2 is 0.760 bits per heavy atom. The zero-order valence-corrected chi connectivity index (χ0v) is 27.2. The largest absolute Gasteiger partial charge is 0.309 e. The van der Waals surface area contributed by atoms with Gasteiger partial charge >= 0.3 is 0 Å². The lowest BCUT2D eigenvalue weighted by atomic mass is 9.95. The molecule has 0 aliphatic heterocycles. The van der Waals surface area contributed by atoms with Crippen LogP contribution in [0.25, 0.3) is 88.4 Å². The lowest BCUT2D eigenvalue weighted by Gasteiger charge is -2.14. The minimum absolute atomic E-state index is 0.474. The number of hydrogen-bond acceptors (Lipinski definition) is 0. The Balaban J connectivity index is 1.30. The summed E-state index contributed by atoms with van der Waals surface area (Å²) in [6.45, 7) is 0. The van der Waals surface area contributed by atoms with Crippen molar-refractivity contribution in [2.24, 2.45) is 0 Å². The number of aromatic nitrogens is 2. The highest BCUT2D eigenvalue weighted by atomic mass is 15.0. The highest BCUT2D eigenvalue weighted by molar-refractivity contribution is 6.22. The first kappa shape index (κ1) is 26.3. The van der Waals surface area contributed by atoms with E-state index < -0.39 is 0 Å². The van der Waals surface area contributed by atoms with Crippen LogP contribution in [0.4, 0.5) is 0 Å². The molecule has 0 saturated carbocycles. The van der Waals surface area contributed by atoms with Crippen LogP contribution in [-0.4, -0.2) is 9.13 Å². The molecule has 0 aliphatic carbocycles. The van der Waals surface area contributed by atoms with Gasteiger partial charge in [0.1, 0.15) is 0 Å². The molecule has 10 aromatic rings. The van der Waals surface area contributed by atoms with Crippen LogP contribution in [0.2, 0.25) is 0 Å². The summed E-state index contributed by atoms with van der Waals surface area (Å²) in [5.41, 5.74) is 13.2. The van der Waals surface area contributed by atoms with Gasteiger partial charge in [0, 0.05) is 32.9 Å². The van der Waals surface area contributed by atoms with Crippen molar-refractivity contribution in [1.82, 2.24) is 9.13 Å². The molecule has 2 heteroatoms. The molecule has 2 aromatic heterocycles. The van der Waals surface area contributed by atoms with Crippen LogP contribution >= 0.6 is 0 Å². The predicted octanol–water partition coefficient (Wildman–Crippen LogP) is 12.9. The van der Waals surface area contributed by atoms with Crippen LogP contribution in [0.1, 0.15) is 2.74 Å². The van der Waals surface area contributed by atoms with Crippen LogP contribution in [0.15, 0.2) is 194 Å². The monoisotopic (exact) mass is 638 g/mol. The summed E-state index contributed by atoms with van der Waals surface area (Å²) < 4.78 is 22.1. The van der Waals surface area contributed by atoms with E-state index in [1.165, 1.54) is 0 Å². The predicted molar refractivity (Wildman–Crippen MR) is 211 cm³/mol. The van der Waals surface area contributed by atoms with E-state index in [1.807, 2.05) is 30.3 Å². The number of nitrogens with zero attached hydrogens (tertiary/aromatic N) is 2. The van der Waals surface area contributed by atoms with Crippen molar-refractivity contribution in [3.8, 4) is 44.8 Å². The third-order valence-corrected chi connectivity index (χ3v) is 9.96. The highest BCUT2D eigenvalue weighted by Crippen LogP contribution is 2.44. The SMILES string of the molecule is [2H]c1ccc2c(c1)c1c(-c3cccc4c3c3cc([2H])ccc3n4-c3cc(-c4ccccc4)cc(-c4ccccc4)c3)cccc1n2-c1ccccc1. The van der Waals surface area contributed by atoms with E-state index in [9.17, 15) is 0 Å². The fraction of sp³-hybridized carbons (Fsp3) is 0. The van der Waals surface area contributed by atoms with Crippen molar-refractivity contribution in [2.75, 3.05) is 0 Å². The molecular formula is C48H32N2. The smallest absolute Gasteiger partial charge is 0.0623 e. The molecule has 0 bridgehead atoms. The number of para-hydroxylation sites is 3. The zero-order valence-electron chi connectivity index (χ0n) is 29.2. The van der Waals surface area contributed by atoms with Crippen LogP contribution in [0, 0.1) is 0 Å². The van der Waals surface area contributed by atoms with Gasteiger partial charge < -0.3 is 9.13 Å². The molecule has 0 amide bonds. The number of rotatable bonds is 5. The summed E-state index contributed by atoms with van der Waals surface area (Å²) in [6.07, 6.45) is 0. The molecule has 0 spiro atoms. The second-order valence-electron chi connectivity index (χ2n) is 12.8. The van der Waals surface area contributed by atoms with Gasteiger partial charge in [0.2, 0.25) is 0 Å². The van der Waals surface area contributed by atoms with E-state index in [0.717, 1.165) is 88.4 Å². The summed E-state index contributed by atoms with van der Waals surface area (Å²) in [5, 5.41) is 4.30. The highest BCUT2D eigenvalue weighted by Gasteiger charge is 2.21. The third kappa shape index (κ3) is 4.43. The van der Waals surface area contributed by atoms with Crippen LogP contribution < -0.4 is 0 Å². The van der Waals surface area contributed by atoms with Gasteiger partial charge in [-0.25, -0.2) is 0 Å². The van der Waals surface area contributed by atoms with Crippen molar-refractivity contribution in [3.63, 3.8) is 0 Å². The molecule has 10 rings (SSSR count). The minimum atomic E-state index is 0.474. The molecule has 2 nitrogen and oxygen atoms in total. The van der Waals surface area contributed by atoms with Gasteiger partial charge in [0.05, 0.1) is 24.8 Å². The van der Waals surface area contributed by atoms with Gasteiger partial charge in [-0.2, -0.15) is 0 Å². The van der Waals surface area contributed by atoms with Crippen molar-refractivity contribution in [1.29, 1.82) is 0 Å². The first-order chi connectivity index (χ1) is 25.6. The Bertz CT molecular complexity index is 2900. The minimum Gasteiger partial charge on any atom is -0.309 e. The van der Waals surface area contributed by atoms with Crippen molar-refractivity contribution >= 4 is 43.6 Å². The molecular weight excluding hydrogens is 605 g/mol. The van der Waals surface area contributed by atoms with Crippen molar-refractivity contribution in [3.05, 3.63) is 194 Å². The van der Waals surface area contributed by atoms with Crippen LogP contribution in [-0.2, 0) is 0 Å². The Morgan fingerprint density at radius 1 is 0.320 bits per heavy atom. The zero-order chi connectivity index (χ0) is 34.8. The van der Waals surface area contributed by atoms with E-state index in [0.29, 0.717) is 12.1 Å². The lowest BCUT2D eigenvalue weighted by Crippen LogP contribution is -1.96. The Labute approximate surface area is 293 Å². The van der Waals surface area contributed by atoms with E-state index in [1.54, 1.807) is 0 Å². The maximum Gasteiger partial charge on any atom is 0.0623 e. The Morgan fingerprint density at radius 3 is 1.26 bits per heavy atom. The fourth-order valence-electron chi connectivity index (χ4n) is 7.83. The molecule has 2 heterocycles. The van der Waals surface area contributed by atoms with Gasteiger partial charge in [-0.05, 0) is 88.0 Å². The molecule has 0 saturated heterocycles. The third-order valence-electron chi connectivity index (χ3n) is 9.96. The first-order valence-electron chi connectivity index (χ1n) is 18.0. The quantitative estimate of drug-likeness (QED) is 0.178. The fourth-order valence-corrected chi connectivity index (χ4v) is 7.83. The van der Waals surface area contributed by atoms with Crippen LogP contribution in [0.5, 0.6) is 0 Å². The number of hydrogen-bond donors (Lipinski definition) is 0. The molecule has 50 heavy (non-hydrogen) atoms. The van der Waals surface area contributed by atoms with Gasteiger partial charge in [0.15, 0.2) is 0 Å².